The van der Waals surface area contributed by atoms with Crippen LogP contribution in [0.25, 0.3) is 11.0 Å². The number of hydrogen-bond donors (Lipinski definition) is 2. The molecule has 1 aromatic heterocycles. The van der Waals surface area contributed by atoms with Crippen molar-refractivity contribution >= 4 is 11.0 Å². The van der Waals surface area contributed by atoms with Gasteiger partial charge in [0.15, 0.2) is 0 Å². The number of imidazole rings is 1. The number of fused-ring (bicyclic) bond motifs is 3. The predicted molar refractivity (Wildman–Crippen MR) is 75.5 cm³/mol. The van der Waals surface area contributed by atoms with E-state index < -0.39 is 0 Å². The molecule has 0 saturated carbocycles. The molecule has 100 valence electrons. The van der Waals surface area contributed by atoms with Crippen molar-refractivity contribution in [3.05, 3.63) is 34.2 Å². The van der Waals surface area contributed by atoms with Gasteiger partial charge in [0.2, 0.25) is 0 Å². The second-order valence-corrected chi connectivity index (χ2v) is 6.04. The highest BCUT2D eigenvalue weighted by Gasteiger charge is 2.34. The summed E-state index contributed by atoms with van der Waals surface area (Å²) < 4.78 is 1.76. The molecule has 3 atom stereocenters. The Bertz CT molecular complexity index is 672. The molecule has 2 aliphatic rings. The summed E-state index contributed by atoms with van der Waals surface area (Å²) in [6.07, 6.45) is 5.02. The zero-order valence-corrected chi connectivity index (χ0v) is 11.1. The summed E-state index contributed by atoms with van der Waals surface area (Å²) in [4.78, 5) is 14.7. The normalized spacial score (nSPS) is 30.1. The lowest BCUT2D eigenvalue weighted by Crippen LogP contribution is -2.37. The first kappa shape index (κ1) is 11.3. The first-order chi connectivity index (χ1) is 9.22. The Balaban J connectivity index is 1.84. The summed E-state index contributed by atoms with van der Waals surface area (Å²) in [6, 6.07) is 7.61. The van der Waals surface area contributed by atoms with Gasteiger partial charge < -0.3 is 10.3 Å². The van der Waals surface area contributed by atoms with Crippen molar-refractivity contribution in [3.63, 3.8) is 0 Å². The number of nitrogens with one attached hydrogen (secondary N) is 2. The maximum absolute atomic E-state index is 11.8. The van der Waals surface area contributed by atoms with Gasteiger partial charge in [-0.05, 0) is 43.2 Å². The molecule has 2 saturated heterocycles. The van der Waals surface area contributed by atoms with Crippen LogP contribution < -0.4 is 11.0 Å². The smallest absolute Gasteiger partial charge is 0.311 e. The van der Waals surface area contributed by atoms with Crippen LogP contribution in [0.3, 0.4) is 0 Å². The van der Waals surface area contributed by atoms with Crippen LogP contribution in [-0.2, 0) is 7.05 Å². The number of para-hydroxylation sites is 1. The van der Waals surface area contributed by atoms with Crippen LogP contribution in [0.15, 0.2) is 23.0 Å². The summed E-state index contributed by atoms with van der Waals surface area (Å²) in [7, 11) is 1.86. The topological polar surface area (TPSA) is 49.8 Å². The van der Waals surface area contributed by atoms with Gasteiger partial charge in [-0.3, -0.25) is 4.57 Å². The van der Waals surface area contributed by atoms with Crippen molar-refractivity contribution in [2.75, 3.05) is 0 Å². The Morgan fingerprint density at radius 2 is 1.95 bits per heavy atom. The SMILES string of the molecule is Cn1c(=O)[nH]c2cccc(C3C[C@H]4CC[C@@H](C3)N4)c21. The molecule has 0 amide bonds. The Hall–Kier alpha value is -1.55. The summed E-state index contributed by atoms with van der Waals surface area (Å²) in [5.41, 5.74) is 3.39. The second-order valence-electron chi connectivity index (χ2n) is 6.04. The average molecular weight is 257 g/mol. The molecule has 0 aliphatic carbocycles. The highest BCUT2D eigenvalue weighted by molar-refractivity contribution is 5.79. The number of hydrogen-bond acceptors (Lipinski definition) is 2. The van der Waals surface area contributed by atoms with Gasteiger partial charge >= 0.3 is 5.69 Å². The zero-order chi connectivity index (χ0) is 13.0. The van der Waals surface area contributed by atoms with Crippen molar-refractivity contribution in [3.8, 4) is 0 Å². The van der Waals surface area contributed by atoms with E-state index in [4.69, 9.17) is 0 Å². The standard InChI is InChI=1S/C15H19N3O/c1-18-14-12(3-2-4-13(14)17-15(18)19)9-7-10-5-6-11(8-9)16-10/h2-4,9-11,16H,5-8H2,1H3,(H,17,19)/t9?,10-,11+. The van der Waals surface area contributed by atoms with Gasteiger partial charge in [-0.2, -0.15) is 0 Å². The molecule has 2 aromatic rings. The molecular formula is C15H19N3O. The number of aromatic amines is 1. The molecule has 1 unspecified atom stereocenters. The van der Waals surface area contributed by atoms with Crippen LogP contribution in [0, 0.1) is 0 Å². The van der Waals surface area contributed by atoms with E-state index in [1.54, 1.807) is 4.57 Å². The molecule has 0 radical (unpaired) electrons. The van der Waals surface area contributed by atoms with E-state index >= 15 is 0 Å². The maximum atomic E-state index is 11.8. The summed E-state index contributed by atoms with van der Waals surface area (Å²) in [5.74, 6) is 0.587. The third-order valence-electron chi connectivity index (χ3n) is 4.86. The minimum absolute atomic E-state index is 0.0145. The van der Waals surface area contributed by atoms with Crippen LogP contribution in [0.4, 0.5) is 0 Å². The van der Waals surface area contributed by atoms with Crippen LogP contribution in [0.5, 0.6) is 0 Å². The van der Waals surface area contributed by atoms with Crippen molar-refractivity contribution in [1.82, 2.24) is 14.9 Å². The lowest BCUT2D eigenvalue weighted by molar-refractivity contribution is 0.364. The molecule has 2 aliphatic heterocycles. The second kappa shape index (κ2) is 3.97. The molecule has 3 heterocycles. The van der Waals surface area contributed by atoms with E-state index in [0.717, 1.165) is 11.0 Å². The van der Waals surface area contributed by atoms with Gasteiger partial charge in [-0.25, -0.2) is 4.79 Å². The van der Waals surface area contributed by atoms with Crippen LogP contribution >= 0.6 is 0 Å². The molecule has 2 N–H and O–H groups in total. The third kappa shape index (κ3) is 1.66. The largest absolute Gasteiger partial charge is 0.326 e. The van der Waals surface area contributed by atoms with Crippen molar-refractivity contribution in [2.24, 2.45) is 7.05 Å². The van der Waals surface area contributed by atoms with E-state index in [-0.39, 0.29) is 5.69 Å². The summed E-state index contributed by atoms with van der Waals surface area (Å²) in [5, 5.41) is 3.68. The Morgan fingerprint density at radius 3 is 2.68 bits per heavy atom. The lowest BCUT2D eigenvalue weighted by Gasteiger charge is -2.29. The van der Waals surface area contributed by atoms with E-state index in [1.165, 1.54) is 31.2 Å². The van der Waals surface area contributed by atoms with Gasteiger partial charge in [-0.15, -0.1) is 0 Å². The number of aryl methyl sites for hydroxylation is 1. The fraction of sp³-hybridized carbons (Fsp3) is 0.533. The lowest BCUT2D eigenvalue weighted by atomic mass is 9.85. The number of piperidine rings is 1. The van der Waals surface area contributed by atoms with Crippen LogP contribution in [-0.4, -0.2) is 21.6 Å². The fourth-order valence-electron chi connectivity index (χ4n) is 3.98. The number of aromatic nitrogens is 2. The van der Waals surface area contributed by atoms with Gasteiger partial charge in [0.05, 0.1) is 11.0 Å². The van der Waals surface area contributed by atoms with E-state index in [2.05, 4.69) is 22.4 Å². The van der Waals surface area contributed by atoms with E-state index in [1.807, 2.05) is 13.1 Å². The first-order valence-corrected chi connectivity index (χ1v) is 7.16. The first-order valence-electron chi connectivity index (χ1n) is 7.16. The van der Waals surface area contributed by atoms with E-state index in [9.17, 15) is 4.79 Å². The van der Waals surface area contributed by atoms with Crippen molar-refractivity contribution in [1.29, 1.82) is 0 Å². The number of benzene rings is 1. The van der Waals surface area contributed by atoms with E-state index in [0.29, 0.717) is 18.0 Å². The number of rotatable bonds is 1. The number of nitrogens with zero attached hydrogens (tertiary/aromatic N) is 1. The predicted octanol–water partition coefficient (Wildman–Crippen LogP) is 1.86. The number of H-pyrrole nitrogens is 1. The van der Waals surface area contributed by atoms with Crippen molar-refractivity contribution < 1.29 is 0 Å². The van der Waals surface area contributed by atoms with Crippen molar-refractivity contribution in [2.45, 2.75) is 43.7 Å². The average Bonchev–Trinajstić information content (AvgIpc) is 2.90. The Kier molecular flexibility index (Phi) is 2.36. The molecule has 2 bridgehead atoms. The van der Waals surface area contributed by atoms with Gasteiger partial charge in [0, 0.05) is 19.1 Å². The minimum Gasteiger partial charge on any atom is -0.311 e. The molecule has 19 heavy (non-hydrogen) atoms. The molecule has 0 spiro atoms. The Labute approximate surface area is 111 Å². The zero-order valence-electron chi connectivity index (χ0n) is 11.1. The molecule has 4 nitrogen and oxygen atoms in total. The van der Waals surface area contributed by atoms with Gasteiger partial charge in [-0.1, -0.05) is 12.1 Å². The molecule has 2 fully saturated rings. The highest BCUT2D eigenvalue weighted by Crippen LogP contribution is 2.39. The van der Waals surface area contributed by atoms with Gasteiger partial charge in [0.25, 0.3) is 0 Å². The van der Waals surface area contributed by atoms with Gasteiger partial charge in [0.1, 0.15) is 0 Å². The minimum atomic E-state index is -0.0145. The maximum Gasteiger partial charge on any atom is 0.326 e. The quantitative estimate of drug-likeness (QED) is 0.819. The monoisotopic (exact) mass is 257 g/mol. The third-order valence-corrected chi connectivity index (χ3v) is 4.86. The fourth-order valence-corrected chi connectivity index (χ4v) is 3.98. The molecule has 4 heteroatoms. The highest BCUT2D eigenvalue weighted by atomic mass is 16.1. The van der Waals surface area contributed by atoms with Crippen LogP contribution in [0.2, 0.25) is 0 Å². The Morgan fingerprint density at radius 1 is 1.21 bits per heavy atom. The molecule has 1 aromatic carbocycles. The molecule has 4 rings (SSSR count). The molecular weight excluding hydrogens is 238 g/mol. The summed E-state index contributed by atoms with van der Waals surface area (Å²) in [6.45, 7) is 0. The van der Waals surface area contributed by atoms with Crippen LogP contribution in [0.1, 0.15) is 37.2 Å². The summed E-state index contributed by atoms with van der Waals surface area (Å²) >= 11 is 0.